The molecule has 0 amide bonds. The standard InChI is InChI=1S/C6H4BrFN2/c7-5-1-2-10-6(8,3-5)4-9/h1-3,10H. The van der Waals surface area contributed by atoms with Crippen LogP contribution in [0.15, 0.2) is 22.8 Å². The van der Waals surface area contributed by atoms with Gasteiger partial charge in [0.05, 0.1) is 0 Å². The van der Waals surface area contributed by atoms with Gasteiger partial charge >= 0.3 is 0 Å². The van der Waals surface area contributed by atoms with E-state index < -0.39 is 5.79 Å². The van der Waals surface area contributed by atoms with Gasteiger partial charge in [0.1, 0.15) is 6.07 Å². The van der Waals surface area contributed by atoms with Gasteiger partial charge in [0.25, 0.3) is 5.79 Å². The lowest BCUT2D eigenvalue weighted by Gasteiger charge is -2.16. The van der Waals surface area contributed by atoms with Crippen LogP contribution in [0.5, 0.6) is 0 Å². The normalized spacial score (nSPS) is 30.3. The third-order valence-corrected chi connectivity index (χ3v) is 1.53. The summed E-state index contributed by atoms with van der Waals surface area (Å²) in [4.78, 5) is 0. The number of rotatable bonds is 0. The summed E-state index contributed by atoms with van der Waals surface area (Å²) in [5.74, 6) is -2.05. The first kappa shape index (κ1) is 7.29. The Balaban J connectivity index is 2.89. The highest BCUT2D eigenvalue weighted by Crippen LogP contribution is 2.19. The summed E-state index contributed by atoms with van der Waals surface area (Å²) in [7, 11) is 0. The molecule has 0 saturated carbocycles. The molecule has 0 fully saturated rings. The van der Waals surface area contributed by atoms with E-state index in [9.17, 15) is 4.39 Å². The molecule has 2 nitrogen and oxygen atoms in total. The van der Waals surface area contributed by atoms with Gasteiger partial charge in [-0.3, -0.25) is 0 Å². The molecule has 0 radical (unpaired) electrons. The first-order valence-corrected chi connectivity index (χ1v) is 3.38. The molecule has 0 saturated heterocycles. The maximum atomic E-state index is 12.9. The van der Waals surface area contributed by atoms with Crippen molar-refractivity contribution in [1.82, 2.24) is 5.32 Å². The van der Waals surface area contributed by atoms with E-state index in [-0.39, 0.29) is 0 Å². The van der Waals surface area contributed by atoms with E-state index in [4.69, 9.17) is 5.26 Å². The lowest BCUT2D eigenvalue weighted by molar-refractivity contribution is 0.273. The van der Waals surface area contributed by atoms with E-state index in [1.54, 1.807) is 6.08 Å². The molecular formula is C6H4BrFN2. The third kappa shape index (κ3) is 1.36. The number of nitriles is 1. The Hall–Kier alpha value is -0.820. The Labute approximate surface area is 66.2 Å². The first-order chi connectivity index (χ1) is 4.66. The quantitative estimate of drug-likeness (QED) is 0.606. The summed E-state index contributed by atoms with van der Waals surface area (Å²) in [6.07, 6.45) is 4.16. The molecule has 1 heterocycles. The highest BCUT2D eigenvalue weighted by atomic mass is 79.9. The van der Waals surface area contributed by atoms with Crippen molar-refractivity contribution < 1.29 is 4.39 Å². The summed E-state index contributed by atoms with van der Waals surface area (Å²) in [5.41, 5.74) is 0. The molecule has 0 aliphatic carbocycles. The average molecular weight is 203 g/mol. The monoisotopic (exact) mass is 202 g/mol. The van der Waals surface area contributed by atoms with Crippen molar-refractivity contribution in [2.24, 2.45) is 0 Å². The molecule has 0 bridgehead atoms. The molecule has 1 atom stereocenters. The Bertz CT molecular complexity index is 241. The lowest BCUT2D eigenvalue weighted by atomic mass is 10.2. The van der Waals surface area contributed by atoms with E-state index in [0.29, 0.717) is 4.48 Å². The van der Waals surface area contributed by atoms with Crippen molar-refractivity contribution in [2.45, 2.75) is 5.79 Å². The van der Waals surface area contributed by atoms with Gasteiger partial charge in [0, 0.05) is 16.8 Å². The van der Waals surface area contributed by atoms with Crippen LogP contribution in [-0.4, -0.2) is 5.79 Å². The van der Waals surface area contributed by atoms with E-state index in [0.717, 1.165) is 6.08 Å². The van der Waals surface area contributed by atoms with Crippen molar-refractivity contribution in [1.29, 1.82) is 5.26 Å². The Kier molecular flexibility index (Phi) is 1.77. The molecule has 1 aliphatic rings. The number of dihydropyridines is 1. The Morgan fingerprint density at radius 1 is 1.80 bits per heavy atom. The minimum atomic E-state index is -2.05. The van der Waals surface area contributed by atoms with Crippen LogP contribution in [0.3, 0.4) is 0 Å². The van der Waals surface area contributed by atoms with Crippen molar-refractivity contribution >= 4 is 15.9 Å². The fourth-order valence-corrected chi connectivity index (χ4v) is 1.03. The van der Waals surface area contributed by atoms with Gasteiger partial charge in [0.2, 0.25) is 0 Å². The zero-order valence-corrected chi connectivity index (χ0v) is 6.52. The van der Waals surface area contributed by atoms with Gasteiger partial charge < -0.3 is 5.32 Å². The van der Waals surface area contributed by atoms with E-state index in [1.807, 2.05) is 0 Å². The molecular weight excluding hydrogens is 199 g/mol. The number of alkyl halides is 1. The van der Waals surface area contributed by atoms with Gasteiger partial charge in [-0.05, 0) is 6.08 Å². The number of allylic oxidation sites excluding steroid dienone is 2. The minimum Gasteiger partial charge on any atom is -0.345 e. The van der Waals surface area contributed by atoms with Crippen LogP contribution in [0.2, 0.25) is 0 Å². The van der Waals surface area contributed by atoms with E-state index in [1.165, 1.54) is 12.3 Å². The highest BCUT2D eigenvalue weighted by Gasteiger charge is 2.26. The van der Waals surface area contributed by atoms with Crippen molar-refractivity contribution in [3.63, 3.8) is 0 Å². The van der Waals surface area contributed by atoms with Crippen molar-refractivity contribution in [3.05, 3.63) is 22.8 Å². The predicted molar refractivity (Wildman–Crippen MR) is 38.7 cm³/mol. The summed E-state index contributed by atoms with van der Waals surface area (Å²) < 4.78 is 13.5. The maximum Gasteiger partial charge on any atom is 0.287 e. The number of hydrogen-bond acceptors (Lipinski definition) is 2. The zero-order valence-electron chi connectivity index (χ0n) is 4.94. The van der Waals surface area contributed by atoms with Crippen molar-refractivity contribution in [3.8, 4) is 6.07 Å². The first-order valence-electron chi connectivity index (χ1n) is 2.59. The van der Waals surface area contributed by atoms with Gasteiger partial charge in [-0.15, -0.1) is 0 Å². The van der Waals surface area contributed by atoms with Crippen molar-refractivity contribution in [2.75, 3.05) is 0 Å². The second kappa shape index (κ2) is 2.43. The molecule has 0 aromatic rings. The number of hydrogen-bond donors (Lipinski definition) is 1. The fourth-order valence-electron chi connectivity index (χ4n) is 0.587. The van der Waals surface area contributed by atoms with Crippen LogP contribution in [-0.2, 0) is 0 Å². The molecule has 52 valence electrons. The summed E-state index contributed by atoms with van der Waals surface area (Å²) in [5, 5.41) is 10.5. The number of nitrogens with zero attached hydrogens (tertiary/aromatic N) is 1. The fraction of sp³-hybridized carbons (Fsp3) is 0.167. The van der Waals surface area contributed by atoms with Gasteiger partial charge in [-0.25, -0.2) is 0 Å². The largest absolute Gasteiger partial charge is 0.345 e. The van der Waals surface area contributed by atoms with Gasteiger partial charge in [-0.2, -0.15) is 9.65 Å². The second-order valence-corrected chi connectivity index (χ2v) is 2.75. The summed E-state index contributed by atoms with van der Waals surface area (Å²) in [6, 6.07) is 1.48. The summed E-state index contributed by atoms with van der Waals surface area (Å²) in [6.45, 7) is 0. The second-order valence-electron chi connectivity index (χ2n) is 1.83. The zero-order chi connectivity index (χ0) is 7.61. The van der Waals surface area contributed by atoms with E-state index in [2.05, 4.69) is 21.2 Å². The van der Waals surface area contributed by atoms with Crippen LogP contribution in [0, 0.1) is 11.3 Å². The van der Waals surface area contributed by atoms with Crippen LogP contribution in [0.1, 0.15) is 0 Å². The van der Waals surface area contributed by atoms with Crippen LogP contribution in [0.4, 0.5) is 4.39 Å². The highest BCUT2D eigenvalue weighted by molar-refractivity contribution is 9.11. The Morgan fingerprint density at radius 3 is 2.90 bits per heavy atom. The maximum absolute atomic E-state index is 12.9. The molecule has 1 N–H and O–H groups in total. The van der Waals surface area contributed by atoms with Gasteiger partial charge in [-0.1, -0.05) is 15.9 Å². The molecule has 0 aromatic heterocycles. The lowest BCUT2D eigenvalue weighted by Crippen LogP contribution is -2.35. The minimum absolute atomic E-state index is 0.565. The smallest absolute Gasteiger partial charge is 0.287 e. The SMILES string of the molecule is N#CC1(F)C=C(Br)C=CN1. The number of halogens is 2. The molecule has 4 heteroatoms. The van der Waals surface area contributed by atoms with Crippen LogP contribution in [0.25, 0.3) is 0 Å². The topological polar surface area (TPSA) is 35.8 Å². The molecule has 0 spiro atoms. The molecule has 10 heavy (non-hydrogen) atoms. The molecule has 1 unspecified atom stereocenters. The molecule has 1 aliphatic heterocycles. The average Bonchev–Trinajstić information content (AvgIpc) is 1.88. The molecule has 0 aromatic carbocycles. The van der Waals surface area contributed by atoms with E-state index >= 15 is 0 Å². The molecule has 1 rings (SSSR count). The Morgan fingerprint density at radius 2 is 2.50 bits per heavy atom. The van der Waals surface area contributed by atoms with Crippen LogP contribution >= 0.6 is 15.9 Å². The van der Waals surface area contributed by atoms with Gasteiger partial charge in [0.15, 0.2) is 0 Å². The predicted octanol–water partition coefficient (Wildman–Crippen LogP) is 1.57. The summed E-state index contributed by atoms with van der Waals surface area (Å²) >= 11 is 3.05. The number of nitrogens with one attached hydrogen (secondary N) is 1. The third-order valence-electron chi connectivity index (χ3n) is 1.04. The van der Waals surface area contributed by atoms with Crippen LogP contribution < -0.4 is 5.32 Å².